The van der Waals surface area contributed by atoms with Gasteiger partial charge in [0.2, 0.25) is 11.8 Å². The van der Waals surface area contributed by atoms with Crippen molar-refractivity contribution in [3.63, 3.8) is 0 Å². The van der Waals surface area contributed by atoms with Gasteiger partial charge in [-0.1, -0.05) is 38.1 Å². The lowest BCUT2D eigenvalue weighted by molar-refractivity contribution is -0.144. The van der Waals surface area contributed by atoms with Crippen LogP contribution in [0.4, 0.5) is 0 Å². The molecule has 2 amide bonds. The first-order chi connectivity index (χ1) is 11.8. The third-order valence-corrected chi connectivity index (χ3v) is 4.43. The van der Waals surface area contributed by atoms with Crippen LogP contribution in [0.25, 0.3) is 10.8 Å². The van der Waals surface area contributed by atoms with Crippen molar-refractivity contribution < 1.29 is 14.3 Å². The summed E-state index contributed by atoms with van der Waals surface area (Å²) in [5.74, 6) is 0.164. The highest BCUT2D eigenvalue weighted by Gasteiger charge is 2.26. The normalized spacial score (nSPS) is 12.2. The number of ether oxygens (including phenoxy) is 1. The van der Waals surface area contributed by atoms with Crippen molar-refractivity contribution in [2.45, 2.75) is 33.2 Å². The molecule has 0 spiro atoms. The zero-order valence-corrected chi connectivity index (χ0v) is 15.3. The first-order valence-corrected chi connectivity index (χ1v) is 8.48. The molecule has 0 aliphatic heterocycles. The first kappa shape index (κ1) is 18.9. The Morgan fingerprint density at radius 1 is 1.20 bits per heavy atom. The maximum Gasteiger partial charge on any atom is 0.246 e. The van der Waals surface area contributed by atoms with Crippen LogP contribution in [0, 0.1) is 5.92 Å². The van der Waals surface area contributed by atoms with Crippen LogP contribution in [0.1, 0.15) is 26.3 Å². The van der Waals surface area contributed by atoms with Crippen molar-refractivity contribution in [3.8, 4) is 5.75 Å². The Hall–Kier alpha value is -2.40. The van der Waals surface area contributed by atoms with Gasteiger partial charge in [0.05, 0.1) is 13.2 Å². The Balaban J connectivity index is 2.25. The van der Waals surface area contributed by atoms with E-state index in [4.69, 9.17) is 10.5 Å². The van der Waals surface area contributed by atoms with Crippen molar-refractivity contribution >= 4 is 22.6 Å². The number of rotatable bonds is 6. The maximum atomic E-state index is 12.5. The highest BCUT2D eigenvalue weighted by atomic mass is 16.5. The lowest BCUT2D eigenvalue weighted by Crippen LogP contribution is -2.49. The van der Waals surface area contributed by atoms with Crippen LogP contribution >= 0.6 is 0 Å². The Labute approximate surface area is 148 Å². The van der Waals surface area contributed by atoms with E-state index in [9.17, 15) is 9.59 Å². The predicted molar refractivity (Wildman–Crippen MR) is 99.4 cm³/mol. The smallest absolute Gasteiger partial charge is 0.246 e. The van der Waals surface area contributed by atoms with Gasteiger partial charge in [0.1, 0.15) is 5.75 Å². The molecule has 2 N–H and O–H groups in total. The summed E-state index contributed by atoms with van der Waals surface area (Å²) >= 11 is 0. The lowest BCUT2D eigenvalue weighted by atomic mass is 10.0. The summed E-state index contributed by atoms with van der Waals surface area (Å²) in [6.45, 7) is 5.46. The summed E-state index contributed by atoms with van der Waals surface area (Å²) in [5, 5.41) is 2.16. The molecule has 0 bridgehead atoms. The van der Waals surface area contributed by atoms with Gasteiger partial charge in [-0.25, -0.2) is 0 Å². The van der Waals surface area contributed by atoms with Gasteiger partial charge >= 0.3 is 0 Å². The third-order valence-electron chi connectivity index (χ3n) is 4.43. The standard InChI is InChI=1S/C20H26N2O3/c1-13(2)19(21)20(24)22(14(3)23)11-10-16-7-5-6-15-8-9-17(25-4)12-18(15)16/h5-9,12-13,19H,10-11,21H2,1-4H3. The largest absolute Gasteiger partial charge is 0.497 e. The predicted octanol–water partition coefficient (Wildman–Crippen LogP) is 2.75. The van der Waals surface area contributed by atoms with Gasteiger partial charge in [-0.3, -0.25) is 14.5 Å². The van der Waals surface area contributed by atoms with E-state index < -0.39 is 6.04 Å². The van der Waals surface area contributed by atoms with E-state index in [1.807, 2.05) is 50.2 Å². The second-order valence-electron chi connectivity index (χ2n) is 6.53. The Kier molecular flexibility index (Phi) is 6.15. The SMILES string of the molecule is COc1ccc2cccc(CCN(C(C)=O)C(=O)C(N)C(C)C)c2c1. The molecule has 0 aliphatic carbocycles. The monoisotopic (exact) mass is 342 g/mol. The molecule has 1 atom stereocenters. The molecule has 5 nitrogen and oxygen atoms in total. The number of nitrogens with zero attached hydrogens (tertiary/aromatic N) is 1. The molecule has 25 heavy (non-hydrogen) atoms. The molecule has 134 valence electrons. The summed E-state index contributed by atoms with van der Waals surface area (Å²) in [6, 6.07) is 11.2. The van der Waals surface area contributed by atoms with Gasteiger partial charge in [0, 0.05) is 13.5 Å². The molecule has 0 radical (unpaired) electrons. The summed E-state index contributed by atoms with van der Waals surface area (Å²) in [7, 11) is 1.63. The number of methoxy groups -OCH3 is 1. The fourth-order valence-corrected chi connectivity index (χ4v) is 2.78. The van der Waals surface area contributed by atoms with Gasteiger partial charge in [-0.15, -0.1) is 0 Å². The number of hydrogen-bond acceptors (Lipinski definition) is 4. The van der Waals surface area contributed by atoms with Crippen molar-refractivity contribution in [2.75, 3.05) is 13.7 Å². The fraction of sp³-hybridized carbons (Fsp3) is 0.400. The van der Waals surface area contributed by atoms with Crippen LogP contribution in [0.2, 0.25) is 0 Å². The van der Waals surface area contributed by atoms with E-state index in [1.54, 1.807) is 7.11 Å². The van der Waals surface area contributed by atoms with E-state index in [0.29, 0.717) is 13.0 Å². The summed E-state index contributed by atoms with van der Waals surface area (Å²) in [6.07, 6.45) is 0.570. The lowest BCUT2D eigenvalue weighted by Gasteiger charge is -2.25. The highest BCUT2D eigenvalue weighted by molar-refractivity contribution is 5.97. The molecule has 0 saturated carbocycles. The van der Waals surface area contributed by atoms with Crippen LogP contribution < -0.4 is 10.5 Å². The van der Waals surface area contributed by atoms with Crippen LogP contribution in [0.5, 0.6) is 5.75 Å². The molecule has 0 saturated heterocycles. The molecule has 2 rings (SSSR count). The molecule has 1 unspecified atom stereocenters. The van der Waals surface area contributed by atoms with Crippen molar-refractivity contribution in [1.29, 1.82) is 0 Å². The topological polar surface area (TPSA) is 72.6 Å². The highest BCUT2D eigenvalue weighted by Crippen LogP contribution is 2.24. The van der Waals surface area contributed by atoms with Crippen LogP contribution in [0.3, 0.4) is 0 Å². The zero-order valence-electron chi connectivity index (χ0n) is 15.3. The van der Waals surface area contributed by atoms with Crippen molar-refractivity contribution in [2.24, 2.45) is 11.7 Å². The van der Waals surface area contributed by atoms with E-state index in [0.717, 1.165) is 22.1 Å². The Morgan fingerprint density at radius 2 is 1.92 bits per heavy atom. The van der Waals surface area contributed by atoms with E-state index >= 15 is 0 Å². The zero-order chi connectivity index (χ0) is 18.6. The first-order valence-electron chi connectivity index (χ1n) is 8.48. The van der Waals surface area contributed by atoms with E-state index in [2.05, 4.69) is 0 Å². The number of hydrogen-bond donors (Lipinski definition) is 1. The molecule has 0 aliphatic rings. The molecule has 2 aromatic carbocycles. The molecular formula is C20H26N2O3. The maximum absolute atomic E-state index is 12.5. The average Bonchev–Trinajstić information content (AvgIpc) is 2.60. The van der Waals surface area contributed by atoms with Gasteiger partial charge in [-0.05, 0) is 40.8 Å². The summed E-state index contributed by atoms with van der Waals surface area (Å²) in [5.41, 5.74) is 7.00. The number of imide groups is 1. The number of fused-ring (bicyclic) bond motifs is 1. The second kappa shape index (κ2) is 8.12. The van der Waals surface area contributed by atoms with Gasteiger partial charge in [-0.2, -0.15) is 0 Å². The van der Waals surface area contributed by atoms with E-state index in [-0.39, 0.29) is 17.7 Å². The molecule has 0 fully saturated rings. The average molecular weight is 342 g/mol. The van der Waals surface area contributed by atoms with Gasteiger partial charge in [0.25, 0.3) is 0 Å². The number of nitrogens with two attached hydrogens (primary N) is 1. The minimum absolute atomic E-state index is 0.0174. The number of carbonyl (C=O) groups excluding carboxylic acids is 2. The van der Waals surface area contributed by atoms with E-state index in [1.165, 1.54) is 11.8 Å². The Bertz CT molecular complexity index is 771. The minimum atomic E-state index is -0.670. The van der Waals surface area contributed by atoms with Gasteiger partial charge < -0.3 is 10.5 Å². The van der Waals surface area contributed by atoms with Crippen LogP contribution in [0.15, 0.2) is 36.4 Å². The minimum Gasteiger partial charge on any atom is -0.497 e. The fourth-order valence-electron chi connectivity index (χ4n) is 2.78. The molecule has 0 heterocycles. The quantitative estimate of drug-likeness (QED) is 0.876. The van der Waals surface area contributed by atoms with Crippen LogP contribution in [-0.2, 0) is 16.0 Å². The number of amides is 2. The molecular weight excluding hydrogens is 316 g/mol. The molecule has 2 aromatic rings. The van der Waals surface area contributed by atoms with Crippen molar-refractivity contribution in [3.05, 3.63) is 42.0 Å². The number of benzene rings is 2. The molecule has 0 aromatic heterocycles. The number of carbonyl (C=O) groups is 2. The third kappa shape index (κ3) is 4.37. The molecule has 5 heteroatoms. The van der Waals surface area contributed by atoms with Crippen LogP contribution in [-0.4, -0.2) is 36.4 Å². The summed E-state index contributed by atoms with van der Waals surface area (Å²) in [4.78, 5) is 25.7. The second-order valence-corrected chi connectivity index (χ2v) is 6.53. The Morgan fingerprint density at radius 3 is 2.52 bits per heavy atom. The van der Waals surface area contributed by atoms with Crippen molar-refractivity contribution in [1.82, 2.24) is 4.90 Å². The summed E-state index contributed by atoms with van der Waals surface area (Å²) < 4.78 is 5.30. The van der Waals surface area contributed by atoms with Gasteiger partial charge in [0.15, 0.2) is 0 Å².